The minimum Gasteiger partial charge on any atom is -0.193 e. The maximum atomic E-state index is 8.50. The van der Waals surface area contributed by atoms with Gasteiger partial charge in [0.2, 0.25) is 0 Å². The van der Waals surface area contributed by atoms with Gasteiger partial charge in [-0.25, -0.2) is 0 Å². The Kier molecular flexibility index (Phi) is 11.1. The molecule has 0 unspecified atom stereocenters. The van der Waals surface area contributed by atoms with Crippen molar-refractivity contribution in [3.8, 4) is 6.07 Å². The molecule has 1 aromatic rings. The Morgan fingerprint density at radius 1 is 0.812 bits per heavy atom. The van der Waals surface area contributed by atoms with Crippen molar-refractivity contribution in [3.63, 3.8) is 0 Å². The third-order valence-corrected chi connectivity index (χ3v) is 8.23. The molecule has 174 valence electrons. The van der Waals surface area contributed by atoms with E-state index in [4.69, 9.17) is 5.26 Å². The predicted molar refractivity (Wildman–Crippen MR) is 138 cm³/mol. The zero-order valence-corrected chi connectivity index (χ0v) is 20.5. The van der Waals surface area contributed by atoms with Crippen LogP contribution in [0, 0.1) is 29.1 Å². The molecule has 0 aliphatic heterocycles. The van der Waals surface area contributed by atoms with E-state index in [-0.39, 0.29) is 0 Å². The molecule has 2 fully saturated rings. The van der Waals surface area contributed by atoms with Crippen molar-refractivity contribution in [2.75, 3.05) is 0 Å². The van der Waals surface area contributed by atoms with Gasteiger partial charge in [-0.05, 0) is 86.2 Å². The zero-order chi connectivity index (χ0) is 22.4. The highest BCUT2D eigenvalue weighted by Gasteiger charge is 2.25. The number of hydrogen-bond donors (Lipinski definition) is 0. The van der Waals surface area contributed by atoms with E-state index < -0.39 is 0 Å². The first-order chi connectivity index (χ1) is 15.8. The van der Waals surface area contributed by atoms with E-state index >= 15 is 0 Å². The Morgan fingerprint density at radius 2 is 1.41 bits per heavy atom. The quantitative estimate of drug-likeness (QED) is 0.253. The van der Waals surface area contributed by atoms with Gasteiger partial charge in [0.1, 0.15) is 0 Å². The Morgan fingerprint density at radius 3 is 2.00 bits per heavy atom. The minimum absolute atomic E-state index is 0.811. The number of aryl methyl sites for hydroxylation is 1. The summed E-state index contributed by atoms with van der Waals surface area (Å²) in [7, 11) is 0. The Labute approximate surface area is 198 Å². The molecule has 0 bridgehead atoms. The second-order valence-corrected chi connectivity index (χ2v) is 10.5. The summed E-state index contributed by atoms with van der Waals surface area (Å²) in [4.78, 5) is 0. The van der Waals surface area contributed by atoms with E-state index in [1.54, 1.807) is 11.6 Å². The summed E-state index contributed by atoms with van der Waals surface area (Å²) in [6.07, 6.45) is 28.4. The highest BCUT2D eigenvalue weighted by molar-refractivity contribution is 5.26. The molecule has 0 atom stereocenters. The van der Waals surface area contributed by atoms with Crippen LogP contribution in [-0.4, -0.2) is 0 Å². The van der Waals surface area contributed by atoms with E-state index in [1.165, 1.54) is 95.5 Å². The Balaban J connectivity index is 1.28. The number of unbranched alkanes of at least 4 members (excludes halogenated alkanes) is 1. The second-order valence-electron chi connectivity index (χ2n) is 10.5. The topological polar surface area (TPSA) is 23.8 Å². The first kappa shape index (κ1) is 24.8. The molecule has 2 aliphatic carbocycles. The number of nitriles is 1. The van der Waals surface area contributed by atoms with E-state index in [0.29, 0.717) is 0 Å². The lowest BCUT2D eigenvalue weighted by atomic mass is 9.74. The normalized spacial score (nSPS) is 26.5. The molecule has 0 aromatic heterocycles. The van der Waals surface area contributed by atoms with E-state index in [1.807, 2.05) is 18.2 Å². The number of nitrogens with zero attached hydrogens (tertiary/aromatic N) is 1. The smallest absolute Gasteiger partial charge is 0.0912 e. The SMILES string of the molecule is CCCCc1ccc(C2CCC(CCC3CCC(CC/C=C/C=C/C#N)CC3)CC2)cc1. The van der Waals surface area contributed by atoms with Gasteiger partial charge in [0.05, 0.1) is 6.07 Å². The van der Waals surface area contributed by atoms with Crippen LogP contribution < -0.4 is 0 Å². The number of rotatable bonds is 11. The third kappa shape index (κ3) is 8.61. The van der Waals surface area contributed by atoms with Gasteiger partial charge in [0.15, 0.2) is 0 Å². The van der Waals surface area contributed by atoms with E-state index in [9.17, 15) is 0 Å². The van der Waals surface area contributed by atoms with Crippen LogP contribution in [0.4, 0.5) is 0 Å². The summed E-state index contributed by atoms with van der Waals surface area (Å²) in [5.41, 5.74) is 3.11. The molecule has 2 aliphatic rings. The summed E-state index contributed by atoms with van der Waals surface area (Å²) in [5, 5.41) is 8.50. The molecule has 0 amide bonds. The second kappa shape index (κ2) is 14.4. The highest BCUT2D eigenvalue weighted by Crippen LogP contribution is 2.40. The molecular formula is C31H45N. The maximum Gasteiger partial charge on any atom is 0.0912 e. The van der Waals surface area contributed by atoms with Crippen LogP contribution in [0.5, 0.6) is 0 Å². The molecule has 3 rings (SSSR count). The van der Waals surface area contributed by atoms with Crippen LogP contribution in [-0.2, 0) is 6.42 Å². The first-order valence-electron chi connectivity index (χ1n) is 13.6. The molecule has 1 heteroatoms. The molecule has 0 saturated heterocycles. The van der Waals surface area contributed by atoms with Crippen molar-refractivity contribution in [3.05, 3.63) is 59.7 Å². The van der Waals surface area contributed by atoms with Gasteiger partial charge in [0, 0.05) is 6.08 Å². The van der Waals surface area contributed by atoms with Gasteiger partial charge in [-0.2, -0.15) is 5.26 Å². The lowest BCUT2D eigenvalue weighted by molar-refractivity contribution is 0.225. The molecule has 0 radical (unpaired) electrons. The predicted octanol–water partition coefficient (Wildman–Crippen LogP) is 9.31. The summed E-state index contributed by atoms with van der Waals surface area (Å²) in [6, 6.07) is 11.7. The summed E-state index contributed by atoms with van der Waals surface area (Å²) in [5.74, 6) is 3.72. The lowest BCUT2D eigenvalue weighted by Crippen LogP contribution is -2.17. The fourth-order valence-electron chi connectivity index (χ4n) is 6.01. The summed E-state index contributed by atoms with van der Waals surface area (Å²) >= 11 is 0. The zero-order valence-electron chi connectivity index (χ0n) is 20.5. The third-order valence-electron chi connectivity index (χ3n) is 8.23. The molecular weight excluding hydrogens is 386 g/mol. The molecule has 1 nitrogen and oxygen atoms in total. The van der Waals surface area contributed by atoms with E-state index in [2.05, 4.69) is 37.3 Å². The minimum atomic E-state index is 0.811. The molecule has 0 spiro atoms. The van der Waals surface area contributed by atoms with Crippen molar-refractivity contribution < 1.29 is 0 Å². The largest absolute Gasteiger partial charge is 0.193 e. The monoisotopic (exact) mass is 431 g/mol. The van der Waals surface area contributed by atoms with E-state index in [0.717, 1.165) is 30.1 Å². The molecule has 0 heterocycles. The van der Waals surface area contributed by atoms with Crippen LogP contribution in [0.25, 0.3) is 0 Å². The molecule has 1 aromatic carbocycles. The molecule has 0 N–H and O–H groups in total. The van der Waals surface area contributed by atoms with Crippen LogP contribution in [0.2, 0.25) is 0 Å². The number of benzene rings is 1. The fraction of sp³-hybridized carbons (Fsp3) is 0.645. The molecule has 32 heavy (non-hydrogen) atoms. The van der Waals surface area contributed by atoms with Crippen molar-refractivity contribution in [1.82, 2.24) is 0 Å². The van der Waals surface area contributed by atoms with Gasteiger partial charge in [-0.15, -0.1) is 0 Å². The van der Waals surface area contributed by atoms with Gasteiger partial charge < -0.3 is 0 Å². The van der Waals surface area contributed by atoms with Crippen LogP contribution in [0.3, 0.4) is 0 Å². The van der Waals surface area contributed by atoms with Crippen molar-refractivity contribution in [2.45, 2.75) is 109 Å². The Hall–Kier alpha value is -1.81. The average Bonchev–Trinajstić information content (AvgIpc) is 2.85. The highest BCUT2D eigenvalue weighted by atomic mass is 14.3. The maximum absolute atomic E-state index is 8.50. The van der Waals surface area contributed by atoms with Gasteiger partial charge >= 0.3 is 0 Å². The van der Waals surface area contributed by atoms with Gasteiger partial charge in [-0.3, -0.25) is 0 Å². The standard InChI is InChI=1S/C31H45N/c1-2-3-9-26-17-21-30(22-18-26)31-23-19-29(20-24-31)16-15-28-13-11-27(12-14-28)10-7-5-4-6-8-25-32/h4-6,8,17-18,21-22,27-29,31H,2-3,7,9-16,19-20,23-24H2,1H3/b5-4+,8-6+. The molecule has 2 saturated carbocycles. The van der Waals surface area contributed by atoms with Crippen molar-refractivity contribution in [2.24, 2.45) is 17.8 Å². The van der Waals surface area contributed by atoms with Gasteiger partial charge in [-0.1, -0.05) is 94.4 Å². The van der Waals surface area contributed by atoms with Gasteiger partial charge in [0.25, 0.3) is 0 Å². The fourth-order valence-corrected chi connectivity index (χ4v) is 6.01. The first-order valence-corrected chi connectivity index (χ1v) is 13.6. The van der Waals surface area contributed by atoms with Crippen LogP contribution in [0.15, 0.2) is 48.6 Å². The number of allylic oxidation sites excluding steroid dienone is 4. The van der Waals surface area contributed by atoms with Crippen molar-refractivity contribution >= 4 is 0 Å². The van der Waals surface area contributed by atoms with Crippen LogP contribution in [0.1, 0.15) is 114 Å². The average molecular weight is 432 g/mol. The lowest BCUT2D eigenvalue weighted by Gasteiger charge is -2.32. The Bertz CT molecular complexity index is 719. The van der Waals surface area contributed by atoms with Crippen molar-refractivity contribution in [1.29, 1.82) is 5.26 Å². The van der Waals surface area contributed by atoms with Crippen LogP contribution >= 0.6 is 0 Å². The number of hydrogen-bond acceptors (Lipinski definition) is 1. The summed E-state index contributed by atoms with van der Waals surface area (Å²) < 4.78 is 0. The summed E-state index contributed by atoms with van der Waals surface area (Å²) in [6.45, 7) is 2.28.